The molecule has 0 amide bonds. The van der Waals surface area contributed by atoms with Crippen LogP contribution >= 0.6 is 15.9 Å². The molecule has 0 bridgehead atoms. The molecule has 0 aromatic carbocycles. The van der Waals surface area contributed by atoms with Crippen molar-refractivity contribution in [1.29, 1.82) is 0 Å². The van der Waals surface area contributed by atoms with Gasteiger partial charge in [0.2, 0.25) is 0 Å². The second-order valence-electron chi connectivity index (χ2n) is 3.86. The van der Waals surface area contributed by atoms with Crippen LogP contribution in [0.3, 0.4) is 0 Å². The Morgan fingerprint density at radius 1 is 1.62 bits per heavy atom. The summed E-state index contributed by atoms with van der Waals surface area (Å²) in [6.07, 6.45) is 3.88. The molecule has 1 aliphatic rings. The van der Waals surface area contributed by atoms with E-state index < -0.39 is 0 Å². The Bertz CT molecular complexity index is 178. The van der Waals surface area contributed by atoms with Crippen molar-refractivity contribution in [3.63, 3.8) is 0 Å². The van der Waals surface area contributed by atoms with Crippen molar-refractivity contribution in [2.24, 2.45) is 5.41 Å². The maximum atomic E-state index is 5.09. The normalized spacial score (nSPS) is 18.6. The molecule has 0 heterocycles. The zero-order valence-electron chi connectivity index (χ0n) is 8.24. The molecule has 13 heavy (non-hydrogen) atoms. The Labute approximate surface area is 88.9 Å². The maximum Gasteiger partial charge on any atom is 0.0468 e. The van der Waals surface area contributed by atoms with E-state index in [4.69, 9.17) is 4.74 Å². The Kier molecular flexibility index (Phi) is 4.42. The van der Waals surface area contributed by atoms with Gasteiger partial charge in [-0.3, -0.25) is 0 Å². The first kappa shape index (κ1) is 11.2. The highest BCUT2D eigenvalue weighted by Crippen LogP contribution is 2.48. The van der Waals surface area contributed by atoms with E-state index in [2.05, 4.69) is 27.8 Å². The van der Waals surface area contributed by atoms with Gasteiger partial charge in [0.25, 0.3) is 0 Å². The lowest BCUT2D eigenvalue weighted by Crippen LogP contribution is -2.25. The summed E-state index contributed by atoms with van der Waals surface area (Å²) in [5, 5.41) is 3.39. The second-order valence-corrected chi connectivity index (χ2v) is 4.99. The van der Waals surface area contributed by atoms with Crippen LogP contribution in [-0.2, 0) is 4.74 Å². The van der Waals surface area contributed by atoms with Crippen molar-refractivity contribution in [2.45, 2.75) is 19.3 Å². The fraction of sp³-hybridized carbons (Fsp3) is 0.800. The standard InChI is InChI=1S/C10H18BrNO/c1-9(11)7-12-8-10(3-4-10)5-6-13-2/h12H,1,3-8H2,2H3. The van der Waals surface area contributed by atoms with Crippen molar-refractivity contribution in [2.75, 3.05) is 26.8 Å². The number of rotatable bonds is 7. The third-order valence-electron chi connectivity index (χ3n) is 2.61. The third kappa shape index (κ3) is 4.25. The van der Waals surface area contributed by atoms with Gasteiger partial charge in [-0.1, -0.05) is 22.5 Å². The predicted octanol–water partition coefficient (Wildman–Crippen LogP) is 2.30. The average molecular weight is 248 g/mol. The van der Waals surface area contributed by atoms with E-state index in [0.29, 0.717) is 5.41 Å². The summed E-state index contributed by atoms with van der Waals surface area (Å²) in [5.74, 6) is 0. The summed E-state index contributed by atoms with van der Waals surface area (Å²) in [4.78, 5) is 0. The van der Waals surface area contributed by atoms with Gasteiger partial charge < -0.3 is 10.1 Å². The van der Waals surface area contributed by atoms with Crippen LogP contribution in [0, 0.1) is 5.41 Å². The number of hydrogen-bond donors (Lipinski definition) is 1. The Hall–Kier alpha value is 0.140. The first-order chi connectivity index (χ1) is 6.18. The van der Waals surface area contributed by atoms with Crippen LogP contribution in [-0.4, -0.2) is 26.8 Å². The molecular formula is C10H18BrNO. The monoisotopic (exact) mass is 247 g/mol. The topological polar surface area (TPSA) is 21.3 Å². The lowest BCUT2D eigenvalue weighted by molar-refractivity contribution is 0.171. The molecule has 1 N–H and O–H groups in total. The van der Waals surface area contributed by atoms with Crippen LogP contribution in [0.5, 0.6) is 0 Å². The number of halogens is 1. The number of methoxy groups -OCH3 is 1. The smallest absolute Gasteiger partial charge is 0.0468 e. The SMILES string of the molecule is C=C(Br)CNCC1(CCOC)CC1. The molecule has 1 aliphatic carbocycles. The van der Waals surface area contributed by atoms with E-state index in [9.17, 15) is 0 Å². The van der Waals surface area contributed by atoms with Crippen LogP contribution in [0.25, 0.3) is 0 Å². The average Bonchev–Trinajstić information content (AvgIpc) is 2.82. The fourth-order valence-electron chi connectivity index (χ4n) is 1.47. The molecule has 0 aromatic heterocycles. The number of ether oxygens (including phenoxy) is 1. The Morgan fingerprint density at radius 3 is 2.77 bits per heavy atom. The zero-order chi connectivity index (χ0) is 9.73. The minimum absolute atomic E-state index is 0.540. The fourth-order valence-corrected chi connectivity index (χ4v) is 1.67. The molecule has 1 saturated carbocycles. The molecule has 1 fully saturated rings. The van der Waals surface area contributed by atoms with Crippen molar-refractivity contribution >= 4 is 15.9 Å². The highest BCUT2D eigenvalue weighted by molar-refractivity contribution is 9.11. The van der Waals surface area contributed by atoms with E-state index in [1.165, 1.54) is 19.3 Å². The Balaban J connectivity index is 2.09. The molecular weight excluding hydrogens is 230 g/mol. The lowest BCUT2D eigenvalue weighted by Gasteiger charge is -2.14. The van der Waals surface area contributed by atoms with Crippen LogP contribution in [0.1, 0.15) is 19.3 Å². The molecule has 0 atom stereocenters. The highest BCUT2D eigenvalue weighted by Gasteiger charge is 2.41. The van der Waals surface area contributed by atoms with Crippen molar-refractivity contribution < 1.29 is 4.74 Å². The third-order valence-corrected chi connectivity index (χ3v) is 2.89. The quantitative estimate of drug-likeness (QED) is 0.746. The minimum atomic E-state index is 0.540. The maximum absolute atomic E-state index is 5.09. The van der Waals surface area contributed by atoms with Crippen LogP contribution in [0.15, 0.2) is 11.1 Å². The molecule has 0 aromatic rings. The van der Waals surface area contributed by atoms with Crippen molar-refractivity contribution in [3.05, 3.63) is 11.1 Å². The van der Waals surface area contributed by atoms with Gasteiger partial charge in [-0.2, -0.15) is 0 Å². The van der Waals surface area contributed by atoms with E-state index in [0.717, 1.165) is 24.2 Å². The van der Waals surface area contributed by atoms with E-state index in [-0.39, 0.29) is 0 Å². The molecule has 0 radical (unpaired) electrons. The predicted molar refractivity (Wildman–Crippen MR) is 59.1 cm³/mol. The van der Waals surface area contributed by atoms with Gasteiger partial charge in [-0.05, 0) is 24.7 Å². The lowest BCUT2D eigenvalue weighted by atomic mass is 10.0. The van der Waals surface area contributed by atoms with Gasteiger partial charge in [0, 0.05) is 31.3 Å². The van der Waals surface area contributed by atoms with Crippen LogP contribution in [0.4, 0.5) is 0 Å². The molecule has 2 nitrogen and oxygen atoms in total. The van der Waals surface area contributed by atoms with Gasteiger partial charge in [0.1, 0.15) is 0 Å². The van der Waals surface area contributed by atoms with Crippen molar-refractivity contribution in [1.82, 2.24) is 5.32 Å². The molecule has 0 aliphatic heterocycles. The summed E-state index contributed by atoms with van der Waals surface area (Å²) in [7, 11) is 1.77. The van der Waals surface area contributed by atoms with Gasteiger partial charge in [0.15, 0.2) is 0 Å². The summed E-state index contributed by atoms with van der Waals surface area (Å²) >= 11 is 3.33. The van der Waals surface area contributed by atoms with Gasteiger partial charge in [-0.15, -0.1) is 0 Å². The van der Waals surface area contributed by atoms with Crippen molar-refractivity contribution in [3.8, 4) is 0 Å². The van der Waals surface area contributed by atoms with Gasteiger partial charge >= 0.3 is 0 Å². The molecule has 0 saturated heterocycles. The second kappa shape index (κ2) is 5.13. The highest BCUT2D eigenvalue weighted by atomic mass is 79.9. The van der Waals surface area contributed by atoms with E-state index in [1.807, 2.05) is 0 Å². The molecule has 3 heteroatoms. The minimum Gasteiger partial charge on any atom is -0.385 e. The first-order valence-electron chi connectivity index (χ1n) is 4.71. The summed E-state index contributed by atoms with van der Waals surface area (Å²) in [6.45, 7) is 6.64. The van der Waals surface area contributed by atoms with Crippen LogP contribution < -0.4 is 5.32 Å². The number of nitrogens with one attached hydrogen (secondary N) is 1. The van der Waals surface area contributed by atoms with Crippen LogP contribution in [0.2, 0.25) is 0 Å². The zero-order valence-corrected chi connectivity index (χ0v) is 9.82. The summed E-state index contributed by atoms with van der Waals surface area (Å²) < 4.78 is 6.11. The largest absolute Gasteiger partial charge is 0.385 e. The van der Waals surface area contributed by atoms with E-state index in [1.54, 1.807) is 7.11 Å². The summed E-state index contributed by atoms with van der Waals surface area (Å²) in [6, 6.07) is 0. The molecule has 0 unspecified atom stereocenters. The summed E-state index contributed by atoms with van der Waals surface area (Å²) in [5.41, 5.74) is 0.540. The van der Waals surface area contributed by atoms with Gasteiger partial charge in [0.05, 0.1) is 0 Å². The Morgan fingerprint density at radius 2 is 2.31 bits per heavy atom. The van der Waals surface area contributed by atoms with Gasteiger partial charge in [-0.25, -0.2) is 0 Å². The first-order valence-corrected chi connectivity index (χ1v) is 5.51. The van der Waals surface area contributed by atoms with E-state index >= 15 is 0 Å². The molecule has 76 valence electrons. The molecule has 1 rings (SSSR count). The number of hydrogen-bond acceptors (Lipinski definition) is 2. The molecule has 0 spiro atoms.